The van der Waals surface area contributed by atoms with Gasteiger partial charge in [0.25, 0.3) is 0 Å². The van der Waals surface area contributed by atoms with Crippen LogP contribution in [0.15, 0.2) is 48.8 Å². The van der Waals surface area contributed by atoms with Gasteiger partial charge in [-0.05, 0) is 36.4 Å². The molecule has 0 unspecified atom stereocenters. The minimum absolute atomic E-state index is 0.284. The molecule has 2 aromatic heterocycles. The van der Waals surface area contributed by atoms with Crippen molar-refractivity contribution in [1.82, 2.24) is 15.2 Å². The quantitative estimate of drug-likeness (QED) is 0.701. The van der Waals surface area contributed by atoms with Crippen molar-refractivity contribution in [1.29, 1.82) is 0 Å². The maximum Gasteiger partial charge on any atom is 0.123 e. The largest absolute Gasteiger partial charge is 0.257 e. The van der Waals surface area contributed by atoms with Crippen LogP contribution in [0.4, 0.5) is 4.39 Å². The third-order valence-electron chi connectivity index (χ3n) is 2.75. The van der Waals surface area contributed by atoms with Gasteiger partial charge in [0.15, 0.2) is 0 Å². The summed E-state index contributed by atoms with van der Waals surface area (Å²) in [4.78, 5) is 4.19. The lowest BCUT2D eigenvalue weighted by atomic mass is 10.1. The fraction of sp³-hybridized carbons (Fsp3) is 0. The maximum atomic E-state index is 13.3. The molecular formula is C15H10FN3. The highest BCUT2D eigenvalue weighted by molar-refractivity contribution is 5.89. The summed E-state index contributed by atoms with van der Waals surface area (Å²) in [6, 6.07) is 10.1. The number of fused-ring (bicyclic) bond motifs is 1. The van der Waals surface area contributed by atoms with Crippen molar-refractivity contribution >= 4 is 23.1 Å². The molecule has 0 bridgehead atoms. The van der Waals surface area contributed by atoms with Crippen LogP contribution in [0.2, 0.25) is 0 Å². The minimum Gasteiger partial charge on any atom is -0.257 e. The van der Waals surface area contributed by atoms with Gasteiger partial charge in [-0.2, -0.15) is 10.2 Å². The first-order valence-corrected chi connectivity index (χ1v) is 5.83. The van der Waals surface area contributed by atoms with Crippen LogP contribution in [-0.4, -0.2) is 15.2 Å². The number of pyridine rings is 1. The lowest BCUT2D eigenvalue weighted by Crippen LogP contribution is -1.88. The summed E-state index contributed by atoms with van der Waals surface area (Å²) in [5.74, 6) is -0.284. The smallest absolute Gasteiger partial charge is 0.123 e. The maximum absolute atomic E-state index is 13.3. The molecule has 0 aliphatic carbocycles. The molecule has 92 valence electrons. The molecule has 2 heterocycles. The molecule has 0 aliphatic rings. The van der Waals surface area contributed by atoms with E-state index in [1.54, 1.807) is 18.5 Å². The van der Waals surface area contributed by atoms with Crippen LogP contribution in [0, 0.1) is 5.82 Å². The molecule has 0 aliphatic heterocycles. The van der Waals surface area contributed by atoms with Gasteiger partial charge in [0, 0.05) is 17.1 Å². The summed E-state index contributed by atoms with van der Waals surface area (Å²) >= 11 is 0. The third-order valence-corrected chi connectivity index (χ3v) is 2.75. The lowest BCUT2D eigenvalue weighted by Gasteiger charge is -2.00. The molecule has 1 aromatic carbocycles. The van der Waals surface area contributed by atoms with Crippen molar-refractivity contribution in [3.63, 3.8) is 0 Å². The molecule has 0 amide bonds. The summed E-state index contributed by atoms with van der Waals surface area (Å²) in [5, 5.41) is 8.62. The van der Waals surface area contributed by atoms with E-state index in [4.69, 9.17) is 0 Å². The first kappa shape index (κ1) is 11.5. The van der Waals surface area contributed by atoms with E-state index in [1.807, 2.05) is 30.4 Å². The molecular weight excluding hydrogens is 241 g/mol. The van der Waals surface area contributed by atoms with Gasteiger partial charge in [-0.1, -0.05) is 12.1 Å². The van der Waals surface area contributed by atoms with Crippen molar-refractivity contribution in [2.24, 2.45) is 0 Å². The predicted molar refractivity (Wildman–Crippen MR) is 72.7 cm³/mol. The second-order valence-electron chi connectivity index (χ2n) is 4.05. The Morgan fingerprint density at radius 1 is 1.05 bits per heavy atom. The lowest BCUT2D eigenvalue weighted by molar-refractivity contribution is 0.629. The van der Waals surface area contributed by atoms with Gasteiger partial charge in [-0.25, -0.2) is 4.39 Å². The zero-order chi connectivity index (χ0) is 13.1. The van der Waals surface area contributed by atoms with E-state index in [9.17, 15) is 4.39 Å². The van der Waals surface area contributed by atoms with Crippen molar-refractivity contribution in [2.75, 3.05) is 0 Å². The van der Waals surface area contributed by atoms with Crippen molar-refractivity contribution in [3.05, 3.63) is 65.9 Å². The summed E-state index contributed by atoms with van der Waals surface area (Å²) < 4.78 is 13.3. The zero-order valence-corrected chi connectivity index (χ0v) is 9.99. The number of benzene rings is 1. The van der Waals surface area contributed by atoms with E-state index < -0.39 is 0 Å². The normalized spacial score (nSPS) is 11.2. The molecule has 3 aromatic rings. The van der Waals surface area contributed by atoms with Crippen molar-refractivity contribution < 1.29 is 4.39 Å². The molecule has 0 spiro atoms. The number of aromatic nitrogens is 3. The molecule has 19 heavy (non-hydrogen) atoms. The number of hydrogen-bond acceptors (Lipinski definition) is 3. The first-order chi connectivity index (χ1) is 9.33. The standard InChI is InChI=1S/C15H10FN3/c16-12-5-7-15-14(9-12)11(10-18-19-15)4-6-13-3-1-2-8-17-13/h1-10H/b6-4+. The minimum atomic E-state index is -0.284. The Balaban J connectivity index is 2.06. The Morgan fingerprint density at radius 3 is 2.84 bits per heavy atom. The molecule has 0 fully saturated rings. The van der Waals surface area contributed by atoms with Crippen molar-refractivity contribution in [2.45, 2.75) is 0 Å². The van der Waals surface area contributed by atoms with Crippen LogP contribution >= 0.6 is 0 Å². The van der Waals surface area contributed by atoms with Crippen LogP contribution in [-0.2, 0) is 0 Å². The van der Waals surface area contributed by atoms with Gasteiger partial charge >= 0.3 is 0 Å². The Hall–Kier alpha value is -2.62. The van der Waals surface area contributed by atoms with E-state index >= 15 is 0 Å². The van der Waals surface area contributed by atoms with Crippen molar-refractivity contribution in [3.8, 4) is 0 Å². The molecule has 0 saturated carbocycles. The second kappa shape index (κ2) is 4.94. The van der Waals surface area contributed by atoms with Gasteiger partial charge in [-0.3, -0.25) is 4.98 Å². The van der Waals surface area contributed by atoms with Gasteiger partial charge in [0.2, 0.25) is 0 Å². The molecule has 0 saturated heterocycles. The topological polar surface area (TPSA) is 38.7 Å². The highest BCUT2D eigenvalue weighted by Crippen LogP contribution is 2.18. The third kappa shape index (κ3) is 2.47. The van der Waals surface area contributed by atoms with Crippen LogP contribution in [0.1, 0.15) is 11.3 Å². The van der Waals surface area contributed by atoms with E-state index in [0.29, 0.717) is 5.52 Å². The molecule has 0 radical (unpaired) electrons. The van der Waals surface area contributed by atoms with Crippen LogP contribution in [0.5, 0.6) is 0 Å². The summed E-state index contributed by atoms with van der Waals surface area (Å²) in [6.45, 7) is 0. The van der Waals surface area contributed by atoms with E-state index in [2.05, 4.69) is 15.2 Å². The van der Waals surface area contributed by atoms with Crippen LogP contribution in [0.3, 0.4) is 0 Å². The van der Waals surface area contributed by atoms with Gasteiger partial charge in [0.05, 0.1) is 17.4 Å². The molecule has 0 atom stereocenters. The summed E-state index contributed by atoms with van der Waals surface area (Å²) in [7, 11) is 0. The highest BCUT2D eigenvalue weighted by Gasteiger charge is 2.01. The number of halogens is 1. The average molecular weight is 251 g/mol. The van der Waals surface area contributed by atoms with E-state index in [-0.39, 0.29) is 5.82 Å². The predicted octanol–water partition coefficient (Wildman–Crippen LogP) is 3.33. The van der Waals surface area contributed by atoms with Crippen LogP contribution in [0.25, 0.3) is 23.1 Å². The monoisotopic (exact) mass is 251 g/mol. The second-order valence-corrected chi connectivity index (χ2v) is 4.05. The SMILES string of the molecule is Fc1ccc2nncc(/C=C/c3ccccn3)c2c1. The van der Waals surface area contributed by atoms with Gasteiger partial charge < -0.3 is 0 Å². The Labute approximate surface area is 109 Å². The Bertz CT molecular complexity index is 739. The molecule has 3 rings (SSSR count). The average Bonchev–Trinajstić information content (AvgIpc) is 2.46. The molecule has 4 heteroatoms. The first-order valence-electron chi connectivity index (χ1n) is 5.83. The van der Waals surface area contributed by atoms with Gasteiger partial charge in [0.1, 0.15) is 5.82 Å². The number of rotatable bonds is 2. The van der Waals surface area contributed by atoms with Gasteiger partial charge in [-0.15, -0.1) is 0 Å². The Kier molecular flexibility index (Phi) is 2.98. The zero-order valence-electron chi connectivity index (χ0n) is 9.99. The molecule has 0 N–H and O–H groups in total. The van der Waals surface area contributed by atoms with Crippen LogP contribution < -0.4 is 0 Å². The highest BCUT2D eigenvalue weighted by atomic mass is 19.1. The summed E-state index contributed by atoms with van der Waals surface area (Å²) in [5.41, 5.74) is 2.32. The number of nitrogens with zero attached hydrogens (tertiary/aromatic N) is 3. The molecule has 3 nitrogen and oxygen atoms in total. The fourth-order valence-corrected chi connectivity index (χ4v) is 1.83. The van der Waals surface area contributed by atoms with E-state index in [1.165, 1.54) is 12.1 Å². The number of hydrogen-bond donors (Lipinski definition) is 0. The fourth-order valence-electron chi connectivity index (χ4n) is 1.83. The Morgan fingerprint density at radius 2 is 2.00 bits per heavy atom. The summed E-state index contributed by atoms with van der Waals surface area (Å²) in [6.07, 6.45) is 7.06. The van der Waals surface area contributed by atoms with E-state index in [0.717, 1.165) is 16.6 Å².